The number of aryl methyl sites for hydroxylation is 1. The second kappa shape index (κ2) is 13.5. The molecule has 210 valence electrons. The predicted octanol–water partition coefficient (Wildman–Crippen LogP) is 3.83. The Kier molecular flexibility index (Phi) is 9.79. The first-order valence-electron chi connectivity index (χ1n) is 13.1. The Morgan fingerprint density at radius 1 is 0.950 bits per heavy atom. The highest BCUT2D eigenvalue weighted by Crippen LogP contribution is 2.34. The fraction of sp³-hybridized carbons (Fsp3) is 0.333. The molecule has 0 bridgehead atoms. The number of carbonyl (C=O) groups excluding carboxylic acids is 2. The van der Waals surface area contributed by atoms with Crippen molar-refractivity contribution in [3.63, 3.8) is 0 Å². The molecular weight excluding hydrogens is 516 g/mol. The fourth-order valence-electron chi connectivity index (χ4n) is 4.50. The summed E-state index contributed by atoms with van der Waals surface area (Å²) in [6.45, 7) is 7.15. The van der Waals surface area contributed by atoms with Crippen molar-refractivity contribution >= 4 is 24.5 Å². The SMILES string of the molecule is CCOCCOc1cc(C)c(-c2cccc(COc3ccc(B4OC(=O)CN(C)CC(=O)O4)cc3)c2)c(C)c1F. The predicted molar refractivity (Wildman–Crippen MR) is 149 cm³/mol. The molecule has 0 unspecified atom stereocenters. The van der Waals surface area contributed by atoms with Gasteiger partial charge in [-0.05, 0) is 79.9 Å². The largest absolute Gasteiger partial charge is 0.636 e. The average molecular weight is 549 g/mol. The van der Waals surface area contributed by atoms with E-state index in [2.05, 4.69) is 0 Å². The van der Waals surface area contributed by atoms with E-state index in [0.29, 0.717) is 30.0 Å². The molecule has 1 aliphatic heterocycles. The van der Waals surface area contributed by atoms with Crippen LogP contribution in [0.2, 0.25) is 0 Å². The first-order valence-corrected chi connectivity index (χ1v) is 13.1. The van der Waals surface area contributed by atoms with Crippen molar-refractivity contribution in [1.29, 1.82) is 0 Å². The summed E-state index contributed by atoms with van der Waals surface area (Å²) in [5.41, 5.74) is 4.55. The summed E-state index contributed by atoms with van der Waals surface area (Å²) in [6, 6.07) is 16.3. The molecule has 3 aromatic rings. The van der Waals surface area contributed by atoms with Crippen LogP contribution in [0.5, 0.6) is 11.5 Å². The minimum atomic E-state index is -1.10. The van der Waals surface area contributed by atoms with Gasteiger partial charge in [-0.1, -0.05) is 30.3 Å². The molecule has 0 amide bonds. The Morgan fingerprint density at radius 2 is 1.65 bits per heavy atom. The summed E-state index contributed by atoms with van der Waals surface area (Å²) in [5, 5.41) is 0. The number of nitrogens with zero attached hydrogens (tertiary/aromatic N) is 1. The molecule has 0 saturated carbocycles. The summed E-state index contributed by atoms with van der Waals surface area (Å²) >= 11 is 0. The summed E-state index contributed by atoms with van der Waals surface area (Å²) < 4.78 is 42.6. The molecule has 1 aliphatic rings. The number of halogens is 1. The fourth-order valence-corrected chi connectivity index (χ4v) is 4.50. The average Bonchev–Trinajstić information content (AvgIpc) is 2.92. The molecule has 4 rings (SSSR count). The van der Waals surface area contributed by atoms with Gasteiger partial charge in [-0.15, -0.1) is 0 Å². The lowest BCUT2D eigenvalue weighted by atomic mass is 9.78. The lowest BCUT2D eigenvalue weighted by Crippen LogP contribution is -2.47. The smallest absolute Gasteiger partial charge is 0.494 e. The number of hydrogen-bond donors (Lipinski definition) is 0. The highest BCUT2D eigenvalue weighted by molar-refractivity contribution is 6.64. The van der Waals surface area contributed by atoms with Crippen LogP contribution < -0.4 is 14.9 Å². The maximum absolute atomic E-state index is 15.1. The summed E-state index contributed by atoms with van der Waals surface area (Å²) in [5.74, 6) is -0.530. The van der Waals surface area contributed by atoms with Crippen molar-refractivity contribution in [3.8, 4) is 22.6 Å². The minimum absolute atomic E-state index is 0.00392. The van der Waals surface area contributed by atoms with Gasteiger partial charge in [0.15, 0.2) is 11.6 Å². The van der Waals surface area contributed by atoms with E-state index >= 15 is 4.39 Å². The van der Waals surface area contributed by atoms with E-state index in [1.807, 2.05) is 38.1 Å². The molecule has 1 saturated heterocycles. The van der Waals surface area contributed by atoms with Crippen LogP contribution in [0.4, 0.5) is 4.39 Å². The van der Waals surface area contributed by atoms with E-state index in [1.165, 1.54) is 4.90 Å². The van der Waals surface area contributed by atoms with Gasteiger partial charge in [-0.2, -0.15) is 0 Å². The molecule has 0 radical (unpaired) electrons. The van der Waals surface area contributed by atoms with Crippen LogP contribution in [0, 0.1) is 19.7 Å². The van der Waals surface area contributed by atoms with Crippen LogP contribution in [0.1, 0.15) is 23.6 Å². The Bertz CT molecular complexity index is 1330. The van der Waals surface area contributed by atoms with Crippen molar-refractivity contribution in [3.05, 3.63) is 77.1 Å². The Morgan fingerprint density at radius 3 is 2.33 bits per heavy atom. The van der Waals surface area contributed by atoms with Crippen molar-refractivity contribution in [2.24, 2.45) is 0 Å². The number of hydrogen-bond acceptors (Lipinski definition) is 8. The minimum Gasteiger partial charge on any atom is -0.494 e. The molecular formula is C30H33BFNO7. The van der Waals surface area contributed by atoms with E-state index in [1.54, 1.807) is 44.3 Å². The molecule has 1 heterocycles. The molecule has 0 spiro atoms. The third-order valence-corrected chi connectivity index (χ3v) is 6.40. The Balaban J connectivity index is 1.42. The van der Waals surface area contributed by atoms with Crippen LogP contribution in [0.25, 0.3) is 11.1 Å². The van der Waals surface area contributed by atoms with E-state index in [9.17, 15) is 9.59 Å². The molecule has 0 aromatic heterocycles. The van der Waals surface area contributed by atoms with Gasteiger partial charge < -0.3 is 23.5 Å². The molecule has 3 aromatic carbocycles. The van der Waals surface area contributed by atoms with Crippen molar-refractivity contribution in [2.45, 2.75) is 27.4 Å². The van der Waals surface area contributed by atoms with Crippen molar-refractivity contribution in [1.82, 2.24) is 4.90 Å². The van der Waals surface area contributed by atoms with Gasteiger partial charge in [-0.3, -0.25) is 14.5 Å². The van der Waals surface area contributed by atoms with Crippen LogP contribution in [0.3, 0.4) is 0 Å². The second-order valence-electron chi connectivity index (χ2n) is 9.59. The topological polar surface area (TPSA) is 83.5 Å². The third-order valence-electron chi connectivity index (χ3n) is 6.40. The zero-order valence-corrected chi connectivity index (χ0v) is 23.2. The van der Waals surface area contributed by atoms with Crippen LogP contribution >= 0.6 is 0 Å². The molecule has 1 fully saturated rings. The lowest BCUT2D eigenvalue weighted by Gasteiger charge is -2.22. The Hall–Kier alpha value is -3.89. The number of ether oxygens (including phenoxy) is 3. The van der Waals surface area contributed by atoms with Gasteiger partial charge in [0.2, 0.25) is 0 Å². The highest BCUT2D eigenvalue weighted by atomic mass is 19.1. The van der Waals surface area contributed by atoms with Crippen molar-refractivity contribution in [2.75, 3.05) is 40.0 Å². The van der Waals surface area contributed by atoms with Crippen molar-refractivity contribution < 1.29 is 37.5 Å². The van der Waals surface area contributed by atoms with E-state index in [-0.39, 0.29) is 37.9 Å². The van der Waals surface area contributed by atoms with Gasteiger partial charge in [0.05, 0.1) is 19.7 Å². The number of carbonyl (C=O) groups is 2. The molecule has 0 atom stereocenters. The maximum atomic E-state index is 15.1. The van der Waals surface area contributed by atoms with Crippen LogP contribution in [0.15, 0.2) is 54.6 Å². The number of rotatable bonds is 10. The molecule has 0 aliphatic carbocycles. The van der Waals surface area contributed by atoms with Gasteiger partial charge in [0, 0.05) is 12.1 Å². The molecule has 0 N–H and O–H groups in total. The van der Waals surface area contributed by atoms with E-state index in [4.69, 9.17) is 23.5 Å². The van der Waals surface area contributed by atoms with Gasteiger partial charge in [0.25, 0.3) is 0 Å². The molecule has 8 nitrogen and oxygen atoms in total. The molecule has 10 heteroatoms. The monoisotopic (exact) mass is 549 g/mol. The standard InChI is InChI=1S/C30H33BFNO7/c1-5-36-13-14-37-26-15-20(2)29(21(3)30(26)32)23-8-6-7-22(16-23)19-38-25-11-9-24(10-12-25)31-39-27(34)17-33(4)18-28(35)40-31/h6-12,15-16H,5,13-14,17-19H2,1-4H3. The van der Waals surface area contributed by atoms with E-state index < -0.39 is 19.1 Å². The number of likely N-dealkylation sites (N-methyl/N-ethyl adjacent to an activating group) is 1. The number of benzene rings is 3. The second-order valence-corrected chi connectivity index (χ2v) is 9.59. The maximum Gasteiger partial charge on any atom is 0.636 e. The summed E-state index contributed by atoms with van der Waals surface area (Å²) in [7, 11) is 0.537. The first kappa shape index (κ1) is 29.1. The first-order chi connectivity index (χ1) is 19.2. The highest BCUT2D eigenvalue weighted by Gasteiger charge is 2.33. The third kappa shape index (κ3) is 7.40. The quantitative estimate of drug-likeness (QED) is 0.279. The van der Waals surface area contributed by atoms with Crippen LogP contribution in [-0.2, 0) is 30.2 Å². The van der Waals surface area contributed by atoms with E-state index in [0.717, 1.165) is 22.3 Å². The summed E-state index contributed by atoms with van der Waals surface area (Å²) in [6.07, 6.45) is 0. The van der Waals surface area contributed by atoms with Gasteiger partial charge in [-0.25, -0.2) is 4.39 Å². The van der Waals surface area contributed by atoms with Crippen LogP contribution in [-0.4, -0.2) is 63.9 Å². The zero-order chi connectivity index (χ0) is 28.6. The normalized spacial score (nSPS) is 14.3. The Labute approximate surface area is 234 Å². The van der Waals surface area contributed by atoms with Gasteiger partial charge in [0.1, 0.15) is 19.0 Å². The summed E-state index contributed by atoms with van der Waals surface area (Å²) in [4.78, 5) is 25.6. The zero-order valence-electron chi connectivity index (χ0n) is 23.2. The lowest BCUT2D eigenvalue weighted by molar-refractivity contribution is -0.145. The van der Waals surface area contributed by atoms with Gasteiger partial charge >= 0.3 is 19.1 Å². The molecule has 40 heavy (non-hydrogen) atoms.